The van der Waals surface area contributed by atoms with Gasteiger partial charge in [0.25, 0.3) is 5.91 Å². The lowest BCUT2D eigenvalue weighted by molar-refractivity contribution is -0.118. The van der Waals surface area contributed by atoms with Gasteiger partial charge in [-0.15, -0.1) is 0 Å². The molecular formula is C15H15BrN2O2. The molecule has 104 valence electrons. The third-order valence-corrected chi connectivity index (χ3v) is 3.31. The van der Waals surface area contributed by atoms with Gasteiger partial charge in [0, 0.05) is 10.7 Å². The summed E-state index contributed by atoms with van der Waals surface area (Å²) in [6.07, 6.45) is 1.62. The van der Waals surface area contributed by atoms with Crippen LogP contribution < -0.4 is 10.1 Å². The average Bonchev–Trinajstić information content (AvgIpc) is 2.43. The number of hydrogen-bond donors (Lipinski definition) is 1. The van der Waals surface area contributed by atoms with Crippen molar-refractivity contribution in [3.63, 3.8) is 0 Å². The Kier molecular flexibility index (Phi) is 4.74. The van der Waals surface area contributed by atoms with E-state index in [-0.39, 0.29) is 12.5 Å². The van der Waals surface area contributed by atoms with Crippen LogP contribution in [0.1, 0.15) is 11.1 Å². The van der Waals surface area contributed by atoms with Crippen molar-refractivity contribution in [1.82, 2.24) is 4.98 Å². The minimum atomic E-state index is -0.238. The van der Waals surface area contributed by atoms with Gasteiger partial charge in [-0.1, -0.05) is 6.07 Å². The molecule has 0 bridgehead atoms. The zero-order valence-corrected chi connectivity index (χ0v) is 12.9. The fraction of sp³-hybridized carbons (Fsp3) is 0.200. The third-order valence-electron chi connectivity index (χ3n) is 2.84. The van der Waals surface area contributed by atoms with E-state index in [9.17, 15) is 4.79 Å². The molecule has 0 spiro atoms. The molecule has 20 heavy (non-hydrogen) atoms. The third kappa shape index (κ3) is 4.06. The number of rotatable bonds is 4. The Bertz CT molecular complexity index is 612. The number of halogens is 1. The molecule has 0 atom stereocenters. The number of carbonyl (C=O) groups is 1. The van der Waals surface area contributed by atoms with Crippen molar-refractivity contribution >= 4 is 27.7 Å². The maximum absolute atomic E-state index is 11.7. The molecular weight excluding hydrogens is 320 g/mol. The number of hydrogen-bond acceptors (Lipinski definition) is 3. The molecule has 1 heterocycles. The molecule has 2 aromatic rings. The Hall–Kier alpha value is -1.88. The molecule has 0 saturated carbocycles. The first-order valence-corrected chi connectivity index (χ1v) is 6.95. The smallest absolute Gasteiger partial charge is 0.263 e. The average molecular weight is 335 g/mol. The number of benzene rings is 1. The van der Waals surface area contributed by atoms with Gasteiger partial charge in [-0.05, 0) is 65.2 Å². The van der Waals surface area contributed by atoms with E-state index >= 15 is 0 Å². The minimum absolute atomic E-state index is 0.0414. The molecule has 1 amide bonds. The normalized spacial score (nSPS) is 10.2. The Balaban J connectivity index is 1.88. The van der Waals surface area contributed by atoms with Crippen molar-refractivity contribution in [3.05, 3.63) is 52.1 Å². The fourth-order valence-electron chi connectivity index (χ4n) is 1.58. The van der Waals surface area contributed by atoms with Crippen LogP contribution in [0.2, 0.25) is 0 Å². The second-order valence-corrected chi connectivity index (χ2v) is 5.36. The minimum Gasteiger partial charge on any atom is -0.484 e. The van der Waals surface area contributed by atoms with Gasteiger partial charge in [-0.3, -0.25) is 4.79 Å². The van der Waals surface area contributed by atoms with Gasteiger partial charge in [0.05, 0.1) is 0 Å². The molecule has 0 aliphatic heterocycles. The van der Waals surface area contributed by atoms with Crippen molar-refractivity contribution in [2.75, 3.05) is 11.9 Å². The van der Waals surface area contributed by atoms with Gasteiger partial charge < -0.3 is 10.1 Å². The van der Waals surface area contributed by atoms with E-state index in [1.165, 1.54) is 5.56 Å². The number of ether oxygens (including phenoxy) is 1. The first kappa shape index (κ1) is 14.5. The summed E-state index contributed by atoms with van der Waals surface area (Å²) in [5.74, 6) is 0.951. The predicted molar refractivity (Wildman–Crippen MR) is 82.0 cm³/mol. The van der Waals surface area contributed by atoms with Gasteiger partial charge in [0.15, 0.2) is 6.61 Å². The Morgan fingerprint density at radius 2 is 2.05 bits per heavy atom. The molecule has 0 fully saturated rings. The van der Waals surface area contributed by atoms with E-state index in [0.717, 1.165) is 10.0 Å². The van der Waals surface area contributed by atoms with Gasteiger partial charge in [-0.25, -0.2) is 4.98 Å². The Morgan fingerprint density at radius 3 is 2.70 bits per heavy atom. The largest absolute Gasteiger partial charge is 0.484 e. The number of carbonyl (C=O) groups excluding carboxylic acids is 1. The lowest BCUT2D eigenvalue weighted by Gasteiger charge is -2.08. The first-order valence-electron chi connectivity index (χ1n) is 6.16. The lowest BCUT2D eigenvalue weighted by Crippen LogP contribution is -2.20. The highest BCUT2D eigenvalue weighted by Gasteiger charge is 2.05. The number of nitrogens with zero attached hydrogens (tertiary/aromatic N) is 1. The van der Waals surface area contributed by atoms with E-state index in [4.69, 9.17) is 4.74 Å². The van der Waals surface area contributed by atoms with Crippen LogP contribution in [0.4, 0.5) is 5.82 Å². The monoisotopic (exact) mass is 334 g/mol. The molecule has 5 heteroatoms. The van der Waals surface area contributed by atoms with Crippen molar-refractivity contribution in [2.24, 2.45) is 0 Å². The van der Waals surface area contributed by atoms with Crippen LogP contribution in [0, 0.1) is 13.8 Å². The summed E-state index contributed by atoms with van der Waals surface area (Å²) in [6.45, 7) is 4.00. The molecule has 1 aromatic carbocycles. The zero-order valence-electron chi connectivity index (χ0n) is 11.3. The maximum Gasteiger partial charge on any atom is 0.263 e. The molecule has 4 nitrogen and oxygen atoms in total. The predicted octanol–water partition coefficient (Wildman–Crippen LogP) is 3.48. The number of aryl methyl sites for hydroxylation is 2. The van der Waals surface area contributed by atoms with E-state index in [0.29, 0.717) is 11.6 Å². The second kappa shape index (κ2) is 6.52. The molecule has 0 saturated heterocycles. The highest BCUT2D eigenvalue weighted by molar-refractivity contribution is 9.10. The standard InChI is InChI=1S/C15H15BrN2O2/c1-10-3-5-13(7-11(10)2)20-9-15(19)18-14-6-4-12(16)8-17-14/h3-8H,9H2,1-2H3,(H,17,18,19). The van der Waals surface area contributed by atoms with Crippen LogP contribution in [0.3, 0.4) is 0 Å². The summed E-state index contributed by atoms with van der Waals surface area (Å²) in [6, 6.07) is 9.28. The summed E-state index contributed by atoms with van der Waals surface area (Å²) in [4.78, 5) is 15.8. The van der Waals surface area contributed by atoms with Crippen molar-refractivity contribution in [3.8, 4) is 5.75 Å². The van der Waals surface area contributed by atoms with Crippen LogP contribution in [-0.2, 0) is 4.79 Å². The SMILES string of the molecule is Cc1ccc(OCC(=O)Nc2ccc(Br)cn2)cc1C. The topological polar surface area (TPSA) is 51.2 Å². The summed E-state index contributed by atoms with van der Waals surface area (Å²) in [7, 11) is 0. The molecule has 0 aliphatic rings. The van der Waals surface area contributed by atoms with E-state index in [1.807, 2.05) is 38.1 Å². The van der Waals surface area contributed by atoms with Gasteiger partial charge >= 0.3 is 0 Å². The quantitative estimate of drug-likeness (QED) is 0.931. The van der Waals surface area contributed by atoms with Crippen LogP contribution in [0.25, 0.3) is 0 Å². The van der Waals surface area contributed by atoms with Gasteiger partial charge in [0.2, 0.25) is 0 Å². The summed E-state index contributed by atoms with van der Waals surface area (Å²) in [5.41, 5.74) is 2.33. The fourth-order valence-corrected chi connectivity index (χ4v) is 1.82. The van der Waals surface area contributed by atoms with Crippen LogP contribution in [-0.4, -0.2) is 17.5 Å². The summed E-state index contributed by atoms with van der Waals surface area (Å²) >= 11 is 3.29. The number of pyridine rings is 1. The Labute approximate surface area is 126 Å². The highest BCUT2D eigenvalue weighted by Crippen LogP contribution is 2.16. The van der Waals surface area contributed by atoms with Crippen LogP contribution >= 0.6 is 15.9 Å². The number of aromatic nitrogens is 1. The summed E-state index contributed by atoms with van der Waals surface area (Å²) < 4.78 is 6.31. The van der Waals surface area contributed by atoms with Crippen LogP contribution in [0.15, 0.2) is 41.0 Å². The van der Waals surface area contributed by atoms with Crippen molar-refractivity contribution < 1.29 is 9.53 Å². The number of nitrogens with one attached hydrogen (secondary N) is 1. The van der Waals surface area contributed by atoms with Gasteiger partial charge in [-0.2, -0.15) is 0 Å². The van der Waals surface area contributed by atoms with Crippen molar-refractivity contribution in [2.45, 2.75) is 13.8 Å². The zero-order chi connectivity index (χ0) is 14.5. The molecule has 0 aliphatic carbocycles. The highest BCUT2D eigenvalue weighted by atomic mass is 79.9. The molecule has 1 N–H and O–H groups in total. The first-order chi connectivity index (χ1) is 9.54. The van der Waals surface area contributed by atoms with Crippen molar-refractivity contribution in [1.29, 1.82) is 0 Å². The van der Waals surface area contributed by atoms with E-state index in [2.05, 4.69) is 26.2 Å². The molecule has 1 aromatic heterocycles. The maximum atomic E-state index is 11.7. The lowest BCUT2D eigenvalue weighted by atomic mass is 10.1. The van der Waals surface area contributed by atoms with E-state index in [1.54, 1.807) is 12.3 Å². The Morgan fingerprint density at radius 1 is 1.25 bits per heavy atom. The molecule has 0 radical (unpaired) electrons. The van der Waals surface area contributed by atoms with Crippen LogP contribution in [0.5, 0.6) is 5.75 Å². The molecule has 0 unspecified atom stereocenters. The summed E-state index contributed by atoms with van der Waals surface area (Å²) in [5, 5.41) is 2.67. The second-order valence-electron chi connectivity index (χ2n) is 4.44. The van der Waals surface area contributed by atoms with Gasteiger partial charge in [0.1, 0.15) is 11.6 Å². The number of amides is 1. The number of anilines is 1. The molecule has 2 rings (SSSR count). The van der Waals surface area contributed by atoms with E-state index < -0.39 is 0 Å².